The maximum atomic E-state index is 11.7. The molecule has 0 radical (unpaired) electrons. The number of nitrogens with zero attached hydrogens (tertiary/aromatic N) is 2. The van der Waals surface area contributed by atoms with Crippen LogP contribution in [0.15, 0.2) is 6.07 Å². The van der Waals surface area contributed by atoms with Gasteiger partial charge in [-0.05, 0) is 20.8 Å². The summed E-state index contributed by atoms with van der Waals surface area (Å²) in [4.78, 5) is 19.9. The maximum Gasteiger partial charge on any atom is 0.222 e. The first-order valence-electron chi connectivity index (χ1n) is 6.47. The van der Waals surface area contributed by atoms with Gasteiger partial charge in [-0.2, -0.15) is 0 Å². The first-order valence-corrected chi connectivity index (χ1v) is 6.47. The lowest BCUT2D eigenvalue weighted by Gasteiger charge is -2.20. The van der Waals surface area contributed by atoms with Crippen molar-refractivity contribution in [2.75, 3.05) is 24.7 Å². The summed E-state index contributed by atoms with van der Waals surface area (Å²) in [7, 11) is 1.57. The number of carbonyl (C=O) groups is 1. The lowest BCUT2D eigenvalue weighted by atomic mass is 10.1. The Labute approximate surface area is 119 Å². The zero-order chi connectivity index (χ0) is 15.2. The fraction of sp³-hybridized carbons (Fsp3) is 0.615. The third-order valence-corrected chi connectivity index (χ3v) is 2.24. The van der Waals surface area contributed by atoms with Gasteiger partial charge in [-0.3, -0.25) is 4.79 Å². The van der Waals surface area contributed by atoms with Crippen LogP contribution in [0.5, 0.6) is 0 Å². The minimum atomic E-state index is -0.220. The van der Waals surface area contributed by atoms with Crippen molar-refractivity contribution in [3.63, 3.8) is 0 Å². The summed E-state index contributed by atoms with van der Waals surface area (Å²) in [5, 5.41) is 5.95. The third-order valence-electron chi connectivity index (χ3n) is 2.24. The number of ether oxygens (including phenoxy) is 1. The molecule has 7 nitrogen and oxygen atoms in total. The number of carbonyl (C=O) groups excluding carboxylic acids is 1. The summed E-state index contributed by atoms with van der Waals surface area (Å²) in [5.41, 5.74) is 5.46. The second kappa shape index (κ2) is 7.04. The van der Waals surface area contributed by atoms with E-state index in [9.17, 15) is 4.79 Å². The molecule has 1 aromatic rings. The molecule has 112 valence electrons. The van der Waals surface area contributed by atoms with Crippen LogP contribution in [0.4, 0.5) is 11.6 Å². The van der Waals surface area contributed by atoms with Crippen LogP contribution in [-0.4, -0.2) is 35.1 Å². The summed E-state index contributed by atoms with van der Waals surface area (Å²) >= 11 is 0. The number of aromatic nitrogens is 2. The zero-order valence-corrected chi connectivity index (χ0v) is 12.5. The van der Waals surface area contributed by atoms with Gasteiger partial charge in [0.25, 0.3) is 0 Å². The fourth-order valence-corrected chi connectivity index (χ4v) is 1.59. The van der Waals surface area contributed by atoms with Gasteiger partial charge in [0, 0.05) is 31.7 Å². The van der Waals surface area contributed by atoms with Gasteiger partial charge in [0.15, 0.2) is 5.82 Å². The summed E-state index contributed by atoms with van der Waals surface area (Å²) in [6.07, 6.45) is 0.362. The number of hydrogen-bond donors (Lipinski definition) is 3. The molecule has 0 saturated carbocycles. The van der Waals surface area contributed by atoms with Crippen molar-refractivity contribution in [3.05, 3.63) is 11.9 Å². The van der Waals surface area contributed by atoms with Gasteiger partial charge in [0.05, 0.1) is 0 Å². The van der Waals surface area contributed by atoms with Gasteiger partial charge in [-0.15, -0.1) is 0 Å². The van der Waals surface area contributed by atoms with E-state index in [4.69, 9.17) is 10.5 Å². The van der Waals surface area contributed by atoms with Crippen molar-refractivity contribution in [3.8, 4) is 0 Å². The van der Waals surface area contributed by atoms with E-state index in [1.165, 1.54) is 0 Å². The Bertz CT molecular complexity index is 457. The SMILES string of the molecule is COCc1nc(N)cc(NCCC(=O)NC(C)(C)C)n1. The highest BCUT2D eigenvalue weighted by Gasteiger charge is 2.13. The van der Waals surface area contributed by atoms with Gasteiger partial charge in [0.1, 0.15) is 18.2 Å². The zero-order valence-electron chi connectivity index (χ0n) is 12.5. The van der Waals surface area contributed by atoms with Crippen LogP contribution in [0.1, 0.15) is 33.0 Å². The van der Waals surface area contributed by atoms with Crippen molar-refractivity contribution >= 4 is 17.5 Å². The third kappa shape index (κ3) is 6.33. The van der Waals surface area contributed by atoms with Crippen molar-refractivity contribution in [1.29, 1.82) is 0 Å². The van der Waals surface area contributed by atoms with Crippen LogP contribution in [-0.2, 0) is 16.1 Å². The molecule has 0 spiro atoms. The highest BCUT2D eigenvalue weighted by molar-refractivity contribution is 5.77. The summed E-state index contributed by atoms with van der Waals surface area (Å²) in [6, 6.07) is 1.63. The van der Waals surface area contributed by atoms with Crippen molar-refractivity contribution in [2.45, 2.75) is 39.3 Å². The Balaban J connectivity index is 2.47. The Kier molecular flexibility index (Phi) is 5.69. The van der Waals surface area contributed by atoms with E-state index in [0.29, 0.717) is 37.0 Å². The Morgan fingerprint density at radius 1 is 1.40 bits per heavy atom. The number of hydrogen-bond acceptors (Lipinski definition) is 6. The first kappa shape index (κ1) is 16.2. The van der Waals surface area contributed by atoms with E-state index >= 15 is 0 Å². The second-order valence-corrected chi connectivity index (χ2v) is 5.50. The van der Waals surface area contributed by atoms with Crippen LogP contribution in [0.25, 0.3) is 0 Å². The molecule has 1 amide bonds. The van der Waals surface area contributed by atoms with Gasteiger partial charge in [-0.1, -0.05) is 0 Å². The molecule has 0 aliphatic carbocycles. The van der Waals surface area contributed by atoms with E-state index in [0.717, 1.165) is 0 Å². The highest BCUT2D eigenvalue weighted by Crippen LogP contribution is 2.09. The Morgan fingerprint density at radius 3 is 2.70 bits per heavy atom. The second-order valence-electron chi connectivity index (χ2n) is 5.50. The average Bonchev–Trinajstić information content (AvgIpc) is 2.26. The molecule has 7 heteroatoms. The number of rotatable bonds is 6. The molecule has 0 aromatic carbocycles. The molecule has 0 atom stereocenters. The molecule has 1 heterocycles. The molecular weight excluding hydrogens is 258 g/mol. The normalized spacial score (nSPS) is 11.2. The Morgan fingerprint density at radius 2 is 2.10 bits per heavy atom. The molecule has 0 aliphatic heterocycles. The molecule has 0 unspecified atom stereocenters. The standard InChI is InChI=1S/C13H23N5O2/c1-13(2,3)18-12(19)5-6-15-10-7-9(14)16-11(17-10)8-20-4/h7H,5-6,8H2,1-4H3,(H,18,19)(H3,14,15,16,17). The van der Waals surface area contributed by atoms with Crippen LogP contribution in [0.2, 0.25) is 0 Å². The van der Waals surface area contributed by atoms with Crippen LogP contribution < -0.4 is 16.4 Å². The number of methoxy groups -OCH3 is 1. The summed E-state index contributed by atoms with van der Waals surface area (Å²) in [6.45, 7) is 6.61. The van der Waals surface area contributed by atoms with E-state index < -0.39 is 0 Å². The Hall–Kier alpha value is -1.89. The topological polar surface area (TPSA) is 102 Å². The monoisotopic (exact) mass is 281 g/mol. The highest BCUT2D eigenvalue weighted by atomic mass is 16.5. The quantitative estimate of drug-likeness (QED) is 0.716. The van der Waals surface area contributed by atoms with Gasteiger partial charge < -0.3 is 21.1 Å². The fourth-order valence-electron chi connectivity index (χ4n) is 1.59. The van der Waals surface area contributed by atoms with Crippen molar-refractivity contribution in [1.82, 2.24) is 15.3 Å². The molecule has 0 bridgehead atoms. The molecule has 20 heavy (non-hydrogen) atoms. The van der Waals surface area contributed by atoms with E-state index in [1.54, 1.807) is 13.2 Å². The molecule has 1 rings (SSSR count). The molecule has 0 fully saturated rings. The van der Waals surface area contributed by atoms with E-state index in [1.807, 2.05) is 20.8 Å². The number of anilines is 2. The van der Waals surface area contributed by atoms with Gasteiger partial charge >= 0.3 is 0 Å². The lowest BCUT2D eigenvalue weighted by molar-refractivity contribution is -0.122. The van der Waals surface area contributed by atoms with E-state index in [2.05, 4.69) is 20.6 Å². The summed E-state index contributed by atoms with van der Waals surface area (Å²) in [5.74, 6) is 1.46. The van der Waals surface area contributed by atoms with Gasteiger partial charge in [-0.25, -0.2) is 9.97 Å². The molecule has 4 N–H and O–H groups in total. The van der Waals surface area contributed by atoms with Crippen LogP contribution in [0.3, 0.4) is 0 Å². The first-order chi connectivity index (χ1) is 9.30. The maximum absolute atomic E-state index is 11.7. The lowest BCUT2D eigenvalue weighted by Crippen LogP contribution is -2.41. The number of nitrogens with two attached hydrogens (primary N) is 1. The minimum Gasteiger partial charge on any atom is -0.384 e. The number of amides is 1. The van der Waals surface area contributed by atoms with E-state index in [-0.39, 0.29) is 11.4 Å². The predicted octanol–water partition coefficient (Wildman–Crippen LogP) is 0.922. The molecule has 0 saturated heterocycles. The number of nitrogen functional groups attached to an aromatic ring is 1. The summed E-state index contributed by atoms with van der Waals surface area (Å²) < 4.78 is 4.96. The average molecular weight is 281 g/mol. The largest absolute Gasteiger partial charge is 0.384 e. The minimum absolute atomic E-state index is 0.0101. The van der Waals surface area contributed by atoms with Crippen molar-refractivity contribution < 1.29 is 9.53 Å². The molecular formula is C13H23N5O2. The van der Waals surface area contributed by atoms with Gasteiger partial charge in [0.2, 0.25) is 5.91 Å². The number of nitrogens with one attached hydrogen (secondary N) is 2. The van der Waals surface area contributed by atoms with Crippen LogP contribution >= 0.6 is 0 Å². The molecule has 1 aromatic heterocycles. The van der Waals surface area contributed by atoms with Crippen molar-refractivity contribution in [2.24, 2.45) is 0 Å². The molecule has 0 aliphatic rings. The van der Waals surface area contributed by atoms with Crippen LogP contribution in [0, 0.1) is 0 Å². The predicted molar refractivity (Wildman–Crippen MR) is 78.2 cm³/mol. The smallest absolute Gasteiger partial charge is 0.222 e.